The van der Waals surface area contributed by atoms with Gasteiger partial charge in [0.2, 0.25) is 0 Å². The van der Waals surface area contributed by atoms with E-state index in [1.54, 1.807) is 0 Å². The Bertz CT molecular complexity index is 652. The molecule has 1 nitrogen and oxygen atoms in total. The summed E-state index contributed by atoms with van der Waals surface area (Å²) in [6.45, 7) is -0.0532. The molecular weight excluding hydrogens is 471 g/mol. The molecule has 0 N–H and O–H groups in total. The van der Waals surface area contributed by atoms with Gasteiger partial charge in [-0.15, -0.1) is 0 Å². The third kappa shape index (κ3) is 2.72. The highest BCUT2D eigenvalue weighted by atomic mass is 19.4. The lowest BCUT2D eigenvalue weighted by Crippen LogP contribution is -2.74. The normalized spacial score (nSPS) is 24.6. The van der Waals surface area contributed by atoms with E-state index in [9.17, 15) is 74.6 Å². The van der Waals surface area contributed by atoms with Crippen LogP contribution in [0, 0.1) is 0 Å². The van der Waals surface area contributed by atoms with E-state index in [4.69, 9.17) is 0 Å². The minimum atomic E-state index is -8.48. The number of alkyl halides is 17. The first kappa shape index (κ1) is 25.8. The van der Waals surface area contributed by atoms with Crippen LogP contribution >= 0.6 is 0 Å². The van der Waals surface area contributed by atoms with Crippen LogP contribution in [-0.4, -0.2) is 53.4 Å². The zero-order valence-electron chi connectivity index (χ0n) is 13.0. The van der Waals surface area contributed by atoms with Crippen molar-refractivity contribution in [2.45, 2.75) is 66.8 Å². The Balaban J connectivity index is 3.60. The van der Waals surface area contributed by atoms with Crippen molar-refractivity contribution in [3.63, 3.8) is 0 Å². The Morgan fingerprint density at radius 1 is 0.552 bits per heavy atom. The van der Waals surface area contributed by atoms with Gasteiger partial charge in [0, 0.05) is 6.42 Å². The molecule has 0 aromatic heterocycles. The van der Waals surface area contributed by atoms with E-state index >= 15 is 0 Å². The zero-order valence-corrected chi connectivity index (χ0v) is 13.0. The van der Waals surface area contributed by atoms with E-state index in [-0.39, 0.29) is 6.92 Å². The molecule has 0 saturated carbocycles. The standard InChI is InChI=1S/C11H5F17O/c1-2-3(12,13)4(14,15)5(16,17)6(18,19)7(20,21)8(22,23)9(24,25)10(26)11(27,28)29-10/h2H2,1H3. The molecule has 1 atom stereocenters. The van der Waals surface area contributed by atoms with Gasteiger partial charge in [-0.2, -0.15) is 74.6 Å². The predicted octanol–water partition coefficient (Wildman–Crippen LogP) is 6.13. The second-order valence-corrected chi connectivity index (χ2v) is 5.72. The molecule has 1 saturated heterocycles. The Morgan fingerprint density at radius 2 is 0.828 bits per heavy atom. The molecular formula is C11H5F17O. The molecule has 0 aromatic carbocycles. The van der Waals surface area contributed by atoms with Crippen molar-refractivity contribution in [1.82, 2.24) is 0 Å². The van der Waals surface area contributed by atoms with Gasteiger partial charge < -0.3 is 0 Å². The minimum absolute atomic E-state index is 0.0532. The fraction of sp³-hybridized carbons (Fsp3) is 1.00. The van der Waals surface area contributed by atoms with E-state index in [0.29, 0.717) is 0 Å². The maximum atomic E-state index is 13.3. The van der Waals surface area contributed by atoms with Crippen LogP contribution in [-0.2, 0) is 4.74 Å². The van der Waals surface area contributed by atoms with Crippen LogP contribution in [0.5, 0.6) is 0 Å². The SMILES string of the molecule is CCC(F)(F)C(F)(F)C(F)(F)C(F)(F)C(F)(F)C(F)(F)C(F)(F)C1(F)OC1(F)F. The van der Waals surface area contributed by atoms with E-state index in [2.05, 4.69) is 4.74 Å². The largest absolute Gasteiger partial charge is 0.424 e. The molecule has 29 heavy (non-hydrogen) atoms. The molecule has 1 heterocycles. The molecule has 1 aliphatic rings. The number of epoxide rings is 1. The van der Waals surface area contributed by atoms with Crippen LogP contribution in [0.4, 0.5) is 74.6 Å². The van der Waals surface area contributed by atoms with Gasteiger partial charge in [0.15, 0.2) is 0 Å². The molecule has 1 rings (SSSR count). The lowest BCUT2D eigenvalue weighted by molar-refractivity contribution is -0.448. The van der Waals surface area contributed by atoms with Crippen LogP contribution < -0.4 is 0 Å². The third-order valence-electron chi connectivity index (χ3n) is 3.88. The van der Waals surface area contributed by atoms with Gasteiger partial charge in [-0.3, -0.25) is 4.74 Å². The topological polar surface area (TPSA) is 12.5 Å². The van der Waals surface area contributed by atoms with Crippen molar-refractivity contribution in [3.8, 4) is 0 Å². The fourth-order valence-corrected chi connectivity index (χ4v) is 1.84. The van der Waals surface area contributed by atoms with Gasteiger partial charge in [-0.1, -0.05) is 6.92 Å². The highest BCUT2D eigenvalue weighted by molar-refractivity contribution is 5.19. The van der Waals surface area contributed by atoms with Gasteiger partial charge >= 0.3 is 53.4 Å². The van der Waals surface area contributed by atoms with Gasteiger partial charge in [0.25, 0.3) is 0 Å². The maximum absolute atomic E-state index is 13.3. The van der Waals surface area contributed by atoms with Crippen molar-refractivity contribution in [2.75, 3.05) is 0 Å². The summed E-state index contributed by atoms with van der Waals surface area (Å²) in [6.07, 6.45) is -8.44. The van der Waals surface area contributed by atoms with Crippen LogP contribution in [0.15, 0.2) is 0 Å². The van der Waals surface area contributed by atoms with Gasteiger partial charge in [0.1, 0.15) is 0 Å². The second-order valence-electron chi connectivity index (χ2n) is 5.72. The number of hydrogen-bond donors (Lipinski definition) is 0. The molecule has 1 unspecified atom stereocenters. The monoisotopic (exact) mass is 476 g/mol. The molecule has 1 aliphatic heterocycles. The molecule has 0 aliphatic carbocycles. The summed E-state index contributed by atoms with van der Waals surface area (Å²) in [6, 6.07) is 0. The maximum Gasteiger partial charge on any atom is 0.424 e. The Morgan fingerprint density at radius 3 is 1.10 bits per heavy atom. The number of ether oxygens (including phenoxy) is 1. The molecule has 0 spiro atoms. The molecule has 0 radical (unpaired) electrons. The quantitative estimate of drug-likeness (QED) is 0.304. The first-order valence-corrected chi connectivity index (χ1v) is 6.68. The van der Waals surface area contributed by atoms with E-state index in [1.165, 1.54) is 0 Å². The Kier molecular flexibility index (Phi) is 5.27. The molecule has 0 amide bonds. The summed E-state index contributed by atoms with van der Waals surface area (Å²) >= 11 is 0. The fourth-order valence-electron chi connectivity index (χ4n) is 1.84. The summed E-state index contributed by atoms with van der Waals surface area (Å²) in [4.78, 5) is 0. The first-order chi connectivity index (χ1) is 12.3. The van der Waals surface area contributed by atoms with Crippen LogP contribution in [0.2, 0.25) is 0 Å². The Hall–Kier alpha value is -1.23. The average Bonchev–Trinajstić information content (AvgIpc) is 3.06. The van der Waals surface area contributed by atoms with E-state index < -0.39 is 59.8 Å². The zero-order chi connectivity index (χ0) is 23.9. The summed E-state index contributed by atoms with van der Waals surface area (Å²) < 4.78 is 224. The van der Waals surface area contributed by atoms with Crippen LogP contribution in [0.25, 0.3) is 0 Å². The van der Waals surface area contributed by atoms with Gasteiger partial charge in [0.05, 0.1) is 0 Å². The third-order valence-corrected chi connectivity index (χ3v) is 3.88. The van der Waals surface area contributed by atoms with Gasteiger partial charge in [-0.25, -0.2) is 0 Å². The minimum Gasteiger partial charge on any atom is -0.265 e. The van der Waals surface area contributed by atoms with Crippen molar-refractivity contribution in [2.24, 2.45) is 0 Å². The predicted molar refractivity (Wildman–Crippen MR) is 54.8 cm³/mol. The van der Waals surface area contributed by atoms with Crippen LogP contribution in [0.1, 0.15) is 13.3 Å². The smallest absolute Gasteiger partial charge is 0.265 e. The van der Waals surface area contributed by atoms with Crippen LogP contribution in [0.3, 0.4) is 0 Å². The van der Waals surface area contributed by atoms with E-state index in [0.717, 1.165) is 0 Å². The van der Waals surface area contributed by atoms with Gasteiger partial charge in [-0.05, 0) is 0 Å². The second kappa shape index (κ2) is 5.93. The number of halogens is 17. The van der Waals surface area contributed by atoms with Crippen molar-refractivity contribution in [1.29, 1.82) is 0 Å². The highest BCUT2D eigenvalue weighted by Gasteiger charge is 3.00. The van der Waals surface area contributed by atoms with Crippen molar-refractivity contribution in [3.05, 3.63) is 0 Å². The first-order valence-electron chi connectivity index (χ1n) is 6.68. The molecule has 174 valence electrons. The number of hydrogen-bond acceptors (Lipinski definition) is 1. The highest BCUT2D eigenvalue weighted by Crippen LogP contribution is 2.69. The van der Waals surface area contributed by atoms with Crippen molar-refractivity contribution < 1.29 is 79.4 Å². The summed E-state index contributed by atoms with van der Waals surface area (Å²) in [5.41, 5.74) is 0. The van der Waals surface area contributed by atoms with E-state index in [1.807, 2.05) is 0 Å². The lowest BCUT2D eigenvalue weighted by atomic mass is 9.87. The summed E-state index contributed by atoms with van der Waals surface area (Å²) in [5, 5.41) is 0. The van der Waals surface area contributed by atoms with Crippen molar-refractivity contribution >= 4 is 0 Å². The molecule has 18 heteroatoms. The Labute approximate surface area is 147 Å². The molecule has 1 fully saturated rings. The number of rotatable bonds is 8. The summed E-state index contributed by atoms with van der Waals surface area (Å²) in [5.74, 6) is -61.3. The molecule has 0 aromatic rings. The average molecular weight is 476 g/mol. The molecule has 0 bridgehead atoms. The summed E-state index contributed by atoms with van der Waals surface area (Å²) in [7, 11) is 0. The lowest BCUT2D eigenvalue weighted by Gasteiger charge is -2.42.